The molecule has 0 nitrogen and oxygen atoms in total. The third-order valence-electron chi connectivity index (χ3n) is 7.56. The van der Waals surface area contributed by atoms with E-state index in [0.29, 0.717) is 0 Å². The Morgan fingerprint density at radius 2 is 0.667 bits per heavy atom. The van der Waals surface area contributed by atoms with E-state index in [-0.39, 0.29) is 22.4 Å². The van der Waals surface area contributed by atoms with E-state index in [4.69, 9.17) is 0 Å². The number of rotatable bonds is 18. The Hall–Kier alpha value is -1.43. The second kappa shape index (κ2) is 18.8. The second-order valence-electron chi connectivity index (χ2n) is 10.1. The summed E-state index contributed by atoms with van der Waals surface area (Å²) in [5, 5.41) is 0. The van der Waals surface area contributed by atoms with Gasteiger partial charge >= 0.3 is 0 Å². The summed E-state index contributed by atoms with van der Waals surface area (Å²) in [4.78, 5) is 0. The molecular weight excluding hydrogens is 519 g/mol. The maximum absolute atomic E-state index is 2.84. The average Bonchev–Trinajstić information content (AvgIpc) is 2.93. The average molecular weight is 568 g/mol. The van der Waals surface area contributed by atoms with Crippen LogP contribution >= 0.6 is 26.2 Å². The summed E-state index contributed by atoms with van der Waals surface area (Å²) in [5.41, 5.74) is 4.14. The monoisotopic (exact) mass is 566 g/mol. The molecule has 3 aromatic rings. The Labute approximate surface area is 234 Å². The lowest BCUT2D eigenvalue weighted by molar-refractivity contribution is 0.491. The topological polar surface area (TPSA) is 0 Å². The molecule has 0 aromatic heterocycles. The first-order valence-electron chi connectivity index (χ1n) is 14.2. The van der Waals surface area contributed by atoms with Gasteiger partial charge in [-0.15, -0.1) is 26.2 Å². The first-order chi connectivity index (χ1) is 17.4. The van der Waals surface area contributed by atoms with Gasteiger partial charge in [0.25, 0.3) is 0 Å². The van der Waals surface area contributed by atoms with Gasteiger partial charge in [-0.25, -0.2) is 0 Å². The quantitative estimate of drug-likeness (QED) is 0.0815. The first-order valence-corrected chi connectivity index (χ1v) is 15.1. The van der Waals surface area contributed by atoms with Crippen LogP contribution in [0.2, 0.25) is 0 Å². The van der Waals surface area contributed by atoms with Gasteiger partial charge in [-0.05, 0) is 35.7 Å². The van der Waals surface area contributed by atoms with Crippen molar-refractivity contribution in [3.8, 4) is 0 Å². The highest BCUT2D eigenvalue weighted by atomic mass is 79.9. The van der Waals surface area contributed by atoms with Crippen LogP contribution in [0.25, 0.3) is 0 Å². The second-order valence-corrected chi connectivity index (χ2v) is 10.7. The third-order valence-corrected chi connectivity index (χ3v) is 7.96. The minimum Gasteiger partial charge on any atom is -0.138 e. The van der Waals surface area contributed by atoms with E-state index in [0.717, 1.165) is 6.42 Å². The molecule has 0 aliphatic rings. The molecule has 3 aromatic carbocycles. The van der Waals surface area contributed by atoms with Crippen molar-refractivity contribution in [2.24, 2.45) is 0 Å². The van der Waals surface area contributed by atoms with E-state index in [1.165, 1.54) is 106 Å². The van der Waals surface area contributed by atoms with Crippen molar-refractivity contribution >= 4 is 26.2 Å². The van der Waals surface area contributed by atoms with E-state index in [1.54, 1.807) is 0 Å². The van der Waals surface area contributed by atoms with E-state index in [1.807, 2.05) is 0 Å². The molecule has 0 heterocycles. The minimum atomic E-state index is -0.0836. The molecule has 196 valence electrons. The molecule has 2 heteroatoms. The van der Waals surface area contributed by atoms with Gasteiger partial charge in [-0.2, -0.15) is 0 Å². The fourth-order valence-electron chi connectivity index (χ4n) is 5.58. The third kappa shape index (κ3) is 9.79. The minimum absolute atomic E-state index is 0. The van der Waals surface area contributed by atoms with Crippen LogP contribution in [0.5, 0.6) is 0 Å². The molecule has 0 bridgehead atoms. The summed E-state index contributed by atoms with van der Waals surface area (Å²) in [6.45, 7) is 0. The Morgan fingerprint density at radius 1 is 0.389 bits per heavy atom. The number of hydrogen-bond acceptors (Lipinski definition) is 0. The Kier molecular flexibility index (Phi) is 16.0. The lowest BCUT2D eigenvalue weighted by atomic mass is 9.66. The van der Waals surface area contributed by atoms with Gasteiger partial charge < -0.3 is 0 Å². The molecule has 1 atom stereocenters. The summed E-state index contributed by atoms with van der Waals surface area (Å²) in [7, 11) is 2.84. The van der Waals surface area contributed by atoms with Crippen LogP contribution in [0.4, 0.5) is 0 Å². The Morgan fingerprint density at radius 3 is 0.972 bits per heavy atom. The molecule has 0 N–H and O–H groups in total. The van der Waals surface area contributed by atoms with E-state index in [2.05, 4.69) is 100 Å². The highest BCUT2D eigenvalue weighted by Gasteiger charge is 2.35. The van der Waals surface area contributed by atoms with Crippen molar-refractivity contribution in [2.75, 3.05) is 6.16 Å². The summed E-state index contributed by atoms with van der Waals surface area (Å²) in [5.74, 6) is 0. The molecule has 3 rings (SSSR count). The molecule has 0 amide bonds. The zero-order chi connectivity index (χ0) is 24.4. The van der Waals surface area contributed by atoms with Crippen LogP contribution in [0.3, 0.4) is 0 Å². The number of hydrogen-bond donors (Lipinski definition) is 0. The summed E-state index contributed by atoms with van der Waals surface area (Å²) < 4.78 is 0. The highest BCUT2D eigenvalue weighted by molar-refractivity contribution is 8.93. The van der Waals surface area contributed by atoms with Crippen molar-refractivity contribution in [3.63, 3.8) is 0 Å². The van der Waals surface area contributed by atoms with Crippen LogP contribution in [-0.2, 0) is 5.41 Å². The van der Waals surface area contributed by atoms with Crippen molar-refractivity contribution in [3.05, 3.63) is 108 Å². The maximum atomic E-state index is 2.84. The van der Waals surface area contributed by atoms with Gasteiger partial charge in [-0.3, -0.25) is 0 Å². The van der Waals surface area contributed by atoms with Crippen LogP contribution in [0.1, 0.15) is 107 Å². The molecule has 36 heavy (non-hydrogen) atoms. The smallest absolute Gasteiger partial charge is 0.0451 e. The van der Waals surface area contributed by atoms with Gasteiger partial charge in [0.05, 0.1) is 0 Å². The standard InChI is InChI=1S/C34H47P.BrH/c35-30-22-11-9-7-5-3-1-2-4-6-8-10-21-29-34(31-23-15-12-16-24-31,32-25-17-13-18-26-32)33-27-19-14-20-28-33;/h12-20,23-28H,1-11,21-22,29-30,35H2;1H. The number of benzene rings is 3. The van der Waals surface area contributed by atoms with Gasteiger partial charge in [-0.1, -0.05) is 168 Å². The summed E-state index contributed by atoms with van der Waals surface area (Å²) in [6.07, 6.45) is 20.6. The maximum Gasteiger partial charge on any atom is 0.0451 e. The van der Waals surface area contributed by atoms with E-state index < -0.39 is 0 Å². The predicted molar refractivity (Wildman–Crippen MR) is 169 cm³/mol. The van der Waals surface area contributed by atoms with Crippen molar-refractivity contribution in [1.82, 2.24) is 0 Å². The van der Waals surface area contributed by atoms with Crippen LogP contribution < -0.4 is 0 Å². The largest absolute Gasteiger partial charge is 0.138 e. The molecule has 0 saturated carbocycles. The summed E-state index contributed by atoms with van der Waals surface area (Å²) >= 11 is 0. The van der Waals surface area contributed by atoms with E-state index >= 15 is 0 Å². The fraction of sp³-hybridized carbons (Fsp3) is 0.471. The normalized spacial score (nSPS) is 11.2. The van der Waals surface area contributed by atoms with Gasteiger partial charge in [0.1, 0.15) is 0 Å². The van der Waals surface area contributed by atoms with E-state index in [9.17, 15) is 0 Å². The first kappa shape index (κ1) is 30.8. The Bertz CT molecular complexity index is 798. The van der Waals surface area contributed by atoms with Crippen molar-refractivity contribution in [1.29, 1.82) is 0 Å². The van der Waals surface area contributed by atoms with Crippen molar-refractivity contribution < 1.29 is 0 Å². The molecule has 0 aliphatic carbocycles. The highest BCUT2D eigenvalue weighted by Crippen LogP contribution is 2.43. The van der Waals surface area contributed by atoms with Crippen LogP contribution in [0.15, 0.2) is 91.0 Å². The lowest BCUT2D eigenvalue weighted by Gasteiger charge is -2.36. The number of unbranched alkanes of at least 4 members (excludes halogenated alkanes) is 12. The molecule has 0 fully saturated rings. The molecule has 0 aliphatic heterocycles. The molecule has 0 spiro atoms. The predicted octanol–water partition coefficient (Wildman–Crippen LogP) is 10.9. The van der Waals surface area contributed by atoms with Gasteiger partial charge in [0, 0.05) is 5.41 Å². The summed E-state index contributed by atoms with van der Waals surface area (Å²) in [6, 6.07) is 33.5. The molecular formula is C34H48BrP. The lowest BCUT2D eigenvalue weighted by Crippen LogP contribution is -2.29. The van der Waals surface area contributed by atoms with Gasteiger partial charge in [0.15, 0.2) is 0 Å². The Balaban J connectivity index is 0.00000456. The SMILES string of the molecule is Br.PCCCCCCCCCCCCCCCC(c1ccccc1)(c1ccccc1)c1ccccc1. The zero-order valence-corrected chi connectivity index (χ0v) is 25.1. The van der Waals surface area contributed by atoms with Crippen LogP contribution in [-0.4, -0.2) is 6.16 Å². The molecule has 0 saturated heterocycles. The van der Waals surface area contributed by atoms with Gasteiger partial charge in [0.2, 0.25) is 0 Å². The zero-order valence-electron chi connectivity index (χ0n) is 22.3. The van der Waals surface area contributed by atoms with Crippen LogP contribution in [0, 0.1) is 0 Å². The van der Waals surface area contributed by atoms with Crippen molar-refractivity contribution in [2.45, 2.75) is 95.3 Å². The molecule has 1 unspecified atom stereocenters. The number of halogens is 1. The molecule has 0 radical (unpaired) electrons. The fourth-order valence-corrected chi connectivity index (χ4v) is 5.87.